The standard InChI is InChI=1S/C18H30N2O/c1-5-15-7-9-16(10-8-15)18(19-6-2)17-13-20(14(3)4)11-12-21-17/h7-10,14,17-19H,5-6,11-13H2,1-4H3. The smallest absolute Gasteiger partial charge is 0.0897 e. The van der Waals surface area contributed by atoms with E-state index in [4.69, 9.17) is 4.74 Å². The summed E-state index contributed by atoms with van der Waals surface area (Å²) in [5, 5.41) is 3.61. The molecule has 0 spiro atoms. The Labute approximate surface area is 129 Å². The van der Waals surface area contributed by atoms with Gasteiger partial charge in [0.15, 0.2) is 0 Å². The second-order valence-corrected chi connectivity index (χ2v) is 6.13. The van der Waals surface area contributed by atoms with Crippen molar-refractivity contribution in [3.63, 3.8) is 0 Å². The van der Waals surface area contributed by atoms with Crippen LogP contribution in [0.1, 0.15) is 44.9 Å². The molecule has 0 radical (unpaired) electrons. The minimum absolute atomic E-state index is 0.230. The van der Waals surface area contributed by atoms with Crippen LogP contribution in [-0.2, 0) is 11.2 Å². The fourth-order valence-electron chi connectivity index (χ4n) is 3.01. The van der Waals surface area contributed by atoms with E-state index < -0.39 is 0 Å². The number of benzene rings is 1. The van der Waals surface area contributed by atoms with E-state index in [2.05, 4.69) is 62.2 Å². The summed E-state index contributed by atoms with van der Waals surface area (Å²) in [7, 11) is 0. The molecule has 1 N–H and O–H groups in total. The van der Waals surface area contributed by atoms with Crippen molar-refractivity contribution in [1.29, 1.82) is 0 Å². The van der Waals surface area contributed by atoms with Gasteiger partial charge in [-0.3, -0.25) is 4.90 Å². The minimum atomic E-state index is 0.230. The third kappa shape index (κ3) is 4.29. The van der Waals surface area contributed by atoms with Crippen LogP contribution < -0.4 is 5.32 Å². The molecule has 1 aliphatic rings. The number of likely N-dealkylation sites (N-methyl/N-ethyl adjacent to an activating group) is 1. The zero-order chi connectivity index (χ0) is 15.2. The fourth-order valence-corrected chi connectivity index (χ4v) is 3.01. The monoisotopic (exact) mass is 290 g/mol. The molecule has 118 valence electrons. The summed E-state index contributed by atoms with van der Waals surface area (Å²) in [6.45, 7) is 12.7. The lowest BCUT2D eigenvalue weighted by atomic mass is 9.98. The van der Waals surface area contributed by atoms with Crippen molar-refractivity contribution in [2.24, 2.45) is 0 Å². The molecule has 3 nitrogen and oxygen atoms in total. The number of rotatable bonds is 6. The number of hydrogen-bond acceptors (Lipinski definition) is 3. The Morgan fingerprint density at radius 1 is 1.24 bits per heavy atom. The summed E-state index contributed by atoms with van der Waals surface area (Å²) in [6.07, 6.45) is 1.32. The van der Waals surface area contributed by atoms with Gasteiger partial charge in [0.05, 0.1) is 18.8 Å². The van der Waals surface area contributed by atoms with Gasteiger partial charge in [-0.1, -0.05) is 38.1 Å². The molecule has 1 fully saturated rings. The van der Waals surface area contributed by atoms with Crippen molar-refractivity contribution in [3.05, 3.63) is 35.4 Å². The maximum atomic E-state index is 6.08. The fraction of sp³-hybridized carbons (Fsp3) is 0.667. The Hall–Kier alpha value is -0.900. The van der Waals surface area contributed by atoms with Gasteiger partial charge in [0.1, 0.15) is 0 Å². The van der Waals surface area contributed by atoms with E-state index >= 15 is 0 Å². The molecular weight excluding hydrogens is 260 g/mol. The molecular formula is C18H30N2O. The highest BCUT2D eigenvalue weighted by atomic mass is 16.5. The van der Waals surface area contributed by atoms with Gasteiger partial charge in [0, 0.05) is 19.1 Å². The van der Waals surface area contributed by atoms with E-state index in [1.54, 1.807) is 0 Å². The lowest BCUT2D eigenvalue weighted by Gasteiger charge is -2.39. The summed E-state index contributed by atoms with van der Waals surface area (Å²) in [5.41, 5.74) is 2.73. The van der Waals surface area contributed by atoms with Gasteiger partial charge in [-0.15, -0.1) is 0 Å². The second kappa shape index (κ2) is 7.92. The Bertz CT molecular complexity index is 416. The molecule has 0 amide bonds. The predicted molar refractivity (Wildman–Crippen MR) is 88.7 cm³/mol. The van der Waals surface area contributed by atoms with Gasteiger partial charge in [0.2, 0.25) is 0 Å². The van der Waals surface area contributed by atoms with Crippen molar-refractivity contribution < 1.29 is 4.74 Å². The van der Waals surface area contributed by atoms with Gasteiger partial charge in [0.25, 0.3) is 0 Å². The van der Waals surface area contributed by atoms with E-state index in [0.29, 0.717) is 6.04 Å². The van der Waals surface area contributed by atoms with E-state index in [9.17, 15) is 0 Å². The highest BCUT2D eigenvalue weighted by Gasteiger charge is 2.29. The molecule has 0 bridgehead atoms. The summed E-state index contributed by atoms with van der Waals surface area (Å²) >= 11 is 0. The van der Waals surface area contributed by atoms with Gasteiger partial charge in [-0.05, 0) is 37.9 Å². The predicted octanol–water partition coefficient (Wildman–Crippen LogP) is 3.01. The average Bonchev–Trinajstić information content (AvgIpc) is 2.53. The van der Waals surface area contributed by atoms with Crippen LogP contribution in [0.5, 0.6) is 0 Å². The largest absolute Gasteiger partial charge is 0.374 e. The van der Waals surface area contributed by atoms with Crippen molar-refractivity contribution in [3.8, 4) is 0 Å². The molecule has 21 heavy (non-hydrogen) atoms. The zero-order valence-electron chi connectivity index (χ0n) is 13.9. The normalized spacial score (nSPS) is 21.7. The lowest BCUT2D eigenvalue weighted by molar-refractivity contribution is -0.0558. The molecule has 0 saturated carbocycles. The van der Waals surface area contributed by atoms with Crippen LogP contribution >= 0.6 is 0 Å². The van der Waals surface area contributed by atoms with E-state index in [0.717, 1.165) is 32.7 Å². The highest BCUT2D eigenvalue weighted by Crippen LogP contribution is 2.24. The highest BCUT2D eigenvalue weighted by molar-refractivity contribution is 5.26. The second-order valence-electron chi connectivity index (χ2n) is 6.13. The van der Waals surface area contributed by atoms with Crippen LogP contribution in [0, 0.1) is 0 Å². The van der Waals surface area contributed by atoms with Crippen LogP contribution in [0.25, 0.3) is 0 Å². The third-order valence-electron chi connectivity index (χ3n) is 4.40. The summed E-state index contributed by atoms with van der Waals surface area (Å²) in [6, 6.07) is 9.85. The van der Waals surface area contributed by atoms with Crippen molar-refractivity contribution in [1.82, 2.24) is 10.2 Å². The average molecular weight is 290 g/mol. The molecule has 0 aromatic heterocycles. The van der Waals surface area contributed by atoms with Crippen molar-refractivity contribution >= 4 is 0 Å². The number of ether oxygens (including phenoxy) is 1. The molecule has 1 aromatic rings. The van der Waals surface area contributed by atoms with Gasteiger partial charge in [-0.25, -0.2) is 0 Å². The molecule has 0 aliphatic carbocycles. The van der Waals surface area contributed by atoms with Crippen LogP contribution in [0.4, 0.5) is 0 Å². The molecule has 1 heterocycles. The molecule has 1 saturated heterocycles. The van der Waals surface area contributed by atoms with Gasteiger partial charge < -0.3 is 10.1 Å². The molecule has 3 heteroatoms. The Kier molecular flexibility index (Phi) is 6.22. The zero-order valence-corrected chi connectivity index (χ0v) is 13.9. The first-order valence-electron chi connectivity index (χ1n) is 8.33. The summed E-state index contributed by atoms with van der Waals surface area (Å²) in [4.78, 5) is 2.51. The Balaban J connectivity index is 2.13. The molecule has 2 atom stereocenters. The summed E-state index contributed by atoms with van der Waals surface area (Å²) < 4.78 is 6.08. The van der Waals surface area contributed by atoms with E-state index in [1.165, 1.54) is 11.1 Å². The first-order valence-corrected chi connectivity index (χ1v) is 8.33. The van der Waals surface area contributed by atoms with Crippen LogP contribution in [0.15, 0.2) is 24.3 Å². The van der Waals surface area contributed by atoms with Crippen LogP contribution in [-0.4, -0.2) is 43.3 Å². The SMILES string of the molecule is CCNC(c1ccc(CC)cc1)C1CN(C(C)C)CCO1. The minimum Gasteiger partial charge on any atom is -0.374 e. The number of morpholine rings is 1. The Morgan fingerprint density at radius 3 is 2.52 bits per heavy atom. The van der Waals surface area contributed by atoms with Gasteiger partial charge >= 0.3 is 0 Å². The maximum absolute atomic E-state index is 6.08. The quantitative estimate of drug-likeness (QED) is 0.871. The topological polar surface area (TPSA) is 24.5 Å². The van der Waals surface area contributed by atoms with E-state index in [-0.39, 0.29) is 12.1 Å². The summed E-state index contributed by atoms with van der Waals surface area (Å²) in [5.74, 6) is 0. The first-order chi connectivity index (χ1) is 10.2. The number of aryl methyl sites for hydroxylation is 1. The van der Waals surface area contributed by atoms with Gasteiger partial charge in [-0.2, -0.15) is 0 Å². The lowest BCUT2D eigenvalue weighted by Crippen LogP contribution is -2.50. The molecule has 2 unspecified atom stereocenters. The Morgan fingerprint density at radius 2 is 1.95 bits per heavy atom. The van der Waals surface area contributed by atoms with E-state index in [1.807, 2.05) is 0 Å². The third-order valence-corrected chi connectivity index (χ3v) is 4.40. The van der Waals surface area contributed by atoms with Crippen LogP contribution in [0.3, 0.4) is 0 Å². The number of hydrogen-bond donors (Lipinski definition) is 1. The number of nitrogens with one attached hydrogen (secondary N) is 1. The van der Waals surface area contributed by atoms with Crippen molar-refractivity contribution in [2.75, 3.05) is 26.2 Å². The molecule has 1 aromatic carbocycles. The molecule has 1 aliphatic heterocycles. The first kappa shape index (κ1) is 16.5. The maximum Gasteiger partial charge on any atom is 0.0897 e. The van der Waals surface area contributed by atoms with Crippen LogP contribution in [0.2, 0.25) is 0 Å². The van der Waals surface area contributed by atoms with Crippen molar-refractivity contribution in [2.45, 2.75) is 52.3 Å². The number of nitrogens with zero attached hydrogens (tertiary/aromatic N) is 1. The molecule has 2 rings (SSSR count).